The fourth-order valence-corrected chi connectivity index (χ4v) is 2.88. The van der Waals surface area contributed by atoms with Crippen LogP contribution in [0.2, 0.25) is 0 Å². The number of alkyl halides is 3. The maximum atomic E-state index is 12.5. The fourth-order valence-electron chi connectivity index (χ4n) is 2.88. The molecule has 0 amide bonds. The van der Waals surface area contributed by atoms with Gasteiger partial charge in [-0.3, -0.25) is 0 Å². The lowest BCUT2D eigenvalue weighted by Crippen LogP contribution is -2.32. The summed E-state index contributed by atoms with van der Waals surface area (Å²) in [5.41, 5.74) is 0.482. The molecule has 2 rings (SSSR count). The van der Waals surface area contributed by atoms with Gasteiger partial charge in [0.05, 0.1) is 5.56 Å². The summed E-state index contributed by atoms with van der Waals surface area (Å²) in [6, 6.07) is 6.24. The average Bonchev–Trinajstić information content (AvgIpc) is 2.38. The standard InChI is InChI=1S/C15H20F3N/c1-19(2)14-5-3-4-12(10-14)11-6-8-13(9-7-11)15(16,17)18/h6-9,12,14H,3-5,10H2,1-2H3/t12?,14-/m1/s1. The summed E-state index contributed by atoms with van der Waals surface area (Å²) in [4.78, 5) is 2.22. The summed E-state index contributed by atoms with van der Waals surface area (Å²) in [7, 11) is 4.14. The minimum absolute atomic E-state index is 0.392. The van der Waals surface area contributed by atoms with Gasteiger partial charge < -0.3 is 4.90 Å². The molecule has 1 aromatic carbocycles. The summed E-state index contributed by atoms with van der Waals surface area (Å²) in [6.07, 6.45) is 0.212. The largest absolute Gasteiger partial charge is 0.416 e. The number of hydrogen-bond acceptors (Lipinski definition) is 1. The summed E-state index contributed by atoms with van der Waals surface area (Å²) >= 11 is 0. The monoisotopic (exact) mass is 271 g/mol. The van der Waals surface area contributed by atoms with Crippen LogP contribution in [0.15, 0.2) is 24.3 Å². The van der Waals surface area contributed by atoms with Gasteiger partial charge in [-0.2, -0.15) is 13.2 Å². The van der Waals surface area contributed by atoms with Crippen LogP contribution in [0.1, 0.15) is 42.7 Å². The molecule has 19 heavy (non-hydrogen) atoms. The molecule has 1 aromatic rings. The predicted octanol–water partition coefficient (Wildman–Crippen LogP) is 4.29. The van der Waals surface area contributed by atoms with Crippen LogP contribution in [0, 0.1) is 0 Å². The second-order valence-electron chi connectivity index (χ2n) is 5.60. The molecular formula is C15H20F3N. The SMILES string of the molecule is CN(C)[C@@H]1CCCC(c2ccc(C(F)(F)F)cc2)C1. The van der Waals surface area contributed by atoms with E-state index in [1.54, 1.807) is 12.1 Å². The second kappa shape index (κ2) is 5.53. The Balaban J connectivity index is 2.10. The first kappa shape index (κ1) is 14.4. The van der Waals surface area contributed by atoms with Gasteiger partial charge in [-0.15, -0.1) is 0 Å². The normalized spacial score (nSPS) is 24.7. The van der Waals surface area contributed by atoms with Crippen molar-refractivity contribution in [2.75, 3.05) is 14.1 Å². The summed E-state index contributed by atoms with van der Waals surface area (Å²) in [5, 5.41) is 0. The maximum absolute atomic E-state index is 12.5. The molecule has 1 fully saturated rings. The number of hydrogen-bond donors (Lipinski definition) is 0. The Morgan fingerprint density at radius 3 is 2.21 bits per heavy atom. The van der Waals surface area contributed by atoms with E-state index in [0.717, 1.165) is 24.8 Å². The molecule has 0 heterocycles. The van der Waals surface area contributed by atoms with Crippen molar-refractivity contribution in [1.82, 2.24) is 4.90 Å². The molecule has 1 aliphatic carbocycles. The molecule has 1 nitrogen and oxygen atoms in total. The lowest BCUT2D eigenvalue weighted by Gasteiger charge is -2.33. The van der Waals surface area contributed by atoms with Crippen molar-refractivity contribution in [3.05, 3.63) is 35.4 Å². The first-order valence-electron chi connectivity index (χ1n) is 6.71. The van der Waals surface area contributed by atoms with E-state index >= 15 is 0 Å². The van der Waals surface area contributed by atoms with E-state index in [4.69, 9.17) is 0 Å². The molecule has 4 heteroatoms. The number of halogens is 3. The lowest BCUT2D eigenvalue weighted by molar-refractivity contribution is -0.137. The van der Waals surface area contributed by atoms with Crippen LogP contribution >= 0.6 is 0 Å². The van der Waals surface area contributed by atoms with Gasteiger partial charge in [0, 0.05) is 6.04 Å². The highest BCUT2D eigenvalue weighted by Gasteiger charge is 2.31. The highest BCUT2D eigenvalue weighted by Crippen LogP contribution is 2.36. The molecule has 1 aliphatic rings. The van der Waals surface area contributed by atoms with E-state index in [-0.39, 0.29) is 0 Å². The smallest absolute Gasteiger partial charge is 0.306 e. The minimum Gasteiger partial charge on any atom is -0.306 e. The van der Waals surface area contributed by atoms with Crippen LogP contribution in [-0.2, 0) is 6.18 Å². The zero-order valence-corrected chi connectivity index (χ0v) is 11.4. The van der Waals surface area contributed by atoms with Gasteiger partial charge in [-0.05, 0) is 57.0 Å². The Labute approximate surface area is 112 Å². The third-order valence-corrected chi connectivity index (χ3v) is 4.09. The maximum Gasteiger partial charge on any atom is 0.416 e. The molecule has 1 saturated carbocycles. The van der Waals surface area contributed by atoms with Gasteiger partial charge in [0.25, 0.3) is 0 Å². The van der Waals surface area contributed by atoms with Crippen molar-refractivity contribution in [3.63, 3.8) is 0 Å². The van der Waals surface area contributed by atoms with Crippen molar-refractivity contribution in [2.45, 2.75) is 43.8 Å². The molecule has 0 spiro atoms. The van der Waals surface area contributed by atoms with Crippen molar-refractivity contribution >= 4 is 0 Å². The highest BCUT2D eigenvalue weighted by molar-refractivity contribution is 5.27. The molecule has 0 radical (unpaired) electrons. The van der Waals surface area contributed by atoms with E-state index in [1.807, 2.05) is 0 Å². The molecule has 0 aliphatic heterocycles. The average molecular weight is 271 g/mol. The van der Waals surface area contributed by atoms with Gasteiger partial charge in [-0.1, -0.05) is 18.6 Å². The van der Waals surface area contributed by atoms with Gasteiger partial charge in [0.2, 0.25) is 0 Å². The zero-order valence-electron chi connectivity index (χ0n) is 11.4. The molecule has 0 aromatic heterocycles. The number of benzene rings is 1. The Morgan fingerprint density at radius 2 is 1.68 bits per heavy atom. The summed E-state index contributed by atoms with van der Waals surface area (Å²) < 4.78 is 37.6. The molecular weight excluding hydrogens is 251 g/mol. The summed E-state index contributed by atoms with van der Waals surface area (Å²) in [5.74, 6) is 0.392. The number of nitrogens with zero attached hydrogens (tertiary/aromatic N) is 1. The zero-order chi connectivity index (χ0) is 14.0. The van der Waals surface area contributed by atoms with Crippen LogP contribution in [0.4, 0.5) is 13.2 Å². The fraction of sp³-hybridized carbons (Fsp3) is 0.600. The Morgan fingerprint density at radius 1 is 1.05 bits per heavy atom. The van der Waals surface area contributed by atoms with Gasteiger partial charge in [0.1, 0.15) is 0 Å². The molecule has 0 saturated heterocycles. The molecule has 106 valence electrons. The third kappa shape index (κ3) is 3.50. The van der Waals surface area contributed by atoms with Gasteiger partial charge in [-0.25, -0.2) is 0 Å². The van der Waals surface area contributed by atoms with E-state index < -0.39 is 11.7 Å². The van der Waals surface area contributed by atoms with Crippen molar-refractivity contribution in [2.24, 2.45) is 0 Å². The van der Waals surface area contributed by atoms with Crippen LogP contribution in [0.3, 0.4) is 0 Å². The number of rotatable bonds is 2. The van der Waals surface area contributed by atoms with E-state index in [9.17, 15) is 13.2 Å². The van der Waals surface area contributed by atoms with Crippen LogP contribution in [0.5, 0.6) is 0 Å². The van der Waals surface area contributed by atoms with Crippen molar-refractivity contribution in [1.29, 1.82) is 0 Å². The lowest BCUT2D eigenvalue weighted by atomic mass is 9.81. The van der Waals surface area contributed by atoms with Crippen molar-refractivity contribution in [3.8, 4) is 0 Å². The second-order valence-corrected chi connectivity index (χ2v) is 5.60. The Kier molecular flexibility index (Phi) is 4.19. The highest BCUT2D eigenvalue weighted by atomic mass is 19.4. The quantitative estimate of drug-likeness (QED) is 0.775. The first-order valence-corrected chi connectivity index (χ1v) is 6.71. The topological polar surface area (TPSA) is 3.24 Å². The van der Waals surface area contributed by atoms with E-state index in [2.05, 4.69) is 19.0 Å². The van der Waals surface area contributed by atoms with E-state index in [0.29, 0.717) is 12.0 Å². The predicted molar refractivity (Wildman–Crippen MR) is 70.1 cm³/mol. The summed E-state index contributed by atoms with van der Waals surface area (Å²) in [6.45, 7) is 0. The molecule has 2 atom stereocenters. The third-order valence-electron chi connectivity index (χ3n) is 4.09. The molecule has 0 bridgehead atoms. The van der Waals surface area contributed by atoms with Gasteiger partial charge in [0.15, 0.2) is 0 Å². The molecule has 0 N–H and O–H groups in total. The van der Waals surface area contributed by atoms with Gasteiger partial charge >= 0.3 is 6.18 Å². The first-order chi connectivity index (χ1) is 8.88. The molecule has 1 unspecified atom stereocenters. The Bertz CT molecular complexity index is 408. The van der Waals surface area contributed by atoms with E-state index in [1.165, 1.54) is 18.6 Å². The van der Waals surface area contributed by atoms with Crippen molar-refractivity contribution < 1.29 is 13.2 Å². The van der Waals surface area contributed by atoms with Crippen LogP contribution < -0.4 is 0 Å². The van der Waals surface area contributed by atoms with Crippen LogP contribution in [0.25, 0.3) is 0 Å². The Hall–Kier alpha value is -1.03. The van der Waals surface area contributed by atoms with Crippen LogP contribution in [-0.4, -0.2) is 25.0 Å². The minimum atomic E-state index is -4.24.